The van der Waals surface area contributed by atoms with E-state index in [1.165, 1.54) is 15.8 Å². The van der Waals surface area contributed by atoms with Crippen molar-refractivity contribution in [2.45, 2.75) is 19.9 Å². The number of anilines is 1. The van der Waals surface area contributed by atoms with Gasteiger partial charge in [0, 0.05) is 31.9 Å². The van der Waals surface area contributed by atoms with E-state index in [-0.39, 0.29) is 16.9 Å². The number of halogens is 1. The van der Waals surface area contributed by atoms with Crippen molar-refractivity contribution in [3.63, 3.8) is 0 Å². The Hall–Kier alpha value is -2.77. The molecule has 1 N–H and O–H groups in total. The fourth-order valence-corrected chi connectivity index (χ4v) is 2.41. The van der Waals surface area contributed by atoms with E-state index in [1.807, 2.05) is 0 Å². The first-order valence-electron chi connectivity index (χ1n) is 6.80. The summed E-state index contributed by atoms with van der Waals surface area (Å²) in [6.45, 7) is 2.70. The van der Waals surface area contributed by atoms with Gasteiger partial charge in [0.15, 0.2) is 11.6 Å². The molecular weight excluding hydrogens is 291 g/mol. The number of rotatable bonds is 3. The fourth-order valence-electron chi connectivity index (χ4n) is 2.41. The number of carbonyl (C=O) groups is 1. The summed E-state index contributed by atoms with van der Waals surface area (Å²) in [5.74, 6) is -2.01. The molecule has 0 aromatic carbocycles. The zero-order chi connectivity index (χ0) is 15.9. The molecule has 3 rings (SSSR count). The van der Waals surface area contributed by atoms with Crippen LogP contribution in [0.4, 0.5) is 10.2 Å². The van der Waals surface area contributed by atoms with E-state index in [9.17, 15) is 14.0 Å². The SMILES string of the molecule is CCn1cc(C(=O)O)c(=O)c2cc(F)c(N3CCC=N3)nc21. The summed E-state index contributed by atoms with van der Waals surface area (Å²) in [7, 11) is 0. The third-order valence-corrected chi connectivity index (χ3v) is 3.49. The number of aryl methyl sites for hydroxylation is 1. The molecule has 0 atom stereocenters. The van der Waals surface area contributed by atoms with Gasteiger partial charge in [0.2, 0.25) is 5.43 Å². The number of aromatic carboxylic acids is 1. The Morgan fingerprint density at radius 3 is 2.86 bits per heavy atom. The van der Waals surface area contributed by atoms with Crippen molar-refractivity contribution in [1.29, 1.82) is 0 Å². The first-order valence-corrected chi connectivity index (χ1v) is 6.80. The highest BCUT2D eigenvalue weighted by molar-refractivity contribution is 5.92. The van der Waals surface area contributed by atoms with E-state index < -0.39 is 22.8 Å². The summed E-state index contributed by atoms with van der Waals surface area (Å²) in [4.78, 5) is 27.5. The van der Waals surface area contributed by atoms with E-state index in [1.54, 1.807) is 13.1 Å². The minimum absolute atomic E-state index is 0.0333. The normalized spacial score (nSPS) is 14.0. The van der Waals surface area contributed by atoms with Gasteiger partial charge < -0.3 is 9.67 Å². The van der Waals surface area contributed by atoms with Crippen molar-refractivity contribution < 1.29 is 14.3 Å². The van der Waals surface area contributed by atoms with Crippen molar-refractivity contribution in [2.75, 3.05) is 11.6 Å². The maximum absolute atomic E-state index is 14.2. The molecule has 8 heteroatoms. The fraction of sp³-hybridized carbons (Fsp3) is 0.286. The van der Waals surface area contributed by atoms with E-state index in [2.05, 4.69) is 10.1 Å². The van der Waals surface area contributed by atoms with E-state index in [0.29, 0.717) is 19.5 Å². The lowest BCUT2D eigenvalue weighted by Gasteiger charge is -2.16. The minimum Gasteiger partial charge on any atom is -0.477 e. The van der Waals surface area contributed by atoms with Crippen LogP contribution in [-0.4, -0.2) is 33.4 Å². The number of aromatic nitrogens is 2. The minimum atomic E-state index is -1.34. The number of fused-ring (bicyclic) bond motifs is 1. The van der Waals surface area contributed by atoms with Crippen LogP contribution in [0.1, 0.15) is 23.7 Å². The molecule has 1 aliphatic rings. The van der Waals surface area contributed by atoms with Gasteiger partial charge in [0.1, 0.15) is 11.2 Å². The lowest BCUT2D eigenvalue weighted by Crippen LogP contribution is -2.21. The molecule has 0 amide bonds. The molecule has 2 aromatic rings. The van der Waals surface area contributed by atoms with Crippen LogP contribution in [0, 0.1) is 5.82 Å². The maximum Gasteiger partial charge on any atom is 0.341 e. The second kappa shape index (κ2) is 5.21. The Bertz CT molecular complexity index is 859. The topological polar surface area (TPSA) is 87.8 Å². The van der Waals surface area contributed by atoms with Crippen LogP contribution < -0.4 is 10.4 Å². The first kappa shape index (κ1) is 14.2. The number of hydrogen-bond donors (Lipinski definition) is 1. The van der Waals surface area contributed by atoms with Crippen LogP contribution in [0.2, 0.25) is 0 Å². The number of carboxylic acids is 1. The molecule has 0 bridgehead atoms. The van der Waals surface area contributed by atoms with Gasteiger partial charge in [-0.15, -0.1) is 0 Å². The second-order valence-electron chi connectivity index (χ2n) is 4.84. The quantitative estimate of drug-likeness (QED) is 0.927. The van der Waals surface area contributed by atoms with Gasteiger partial charge in [-0.25, -0.2) is 19.2 Å². The average Bonchev–Trinajstić information content (AvgIpc) is 3.01. The molecule has 7 nitrogen and oxygen atoms in total. The predicted molar refractivity (Wildman–Crippen MR) is 79.0 cm³/mol. The van der Waals surface area contributed by atoms with E-state index in [0.717, 1.165) is 6.07 Å². The van der Waals surface area contributed by atoms with Crippen LogP contribution in [0.25, 0.3) is 11.0 Å². The van der Waals surface area contributed by atoms with Gasteiger partial charge in [-0.3, -0.25) is 4.79 Å². The highest BCUT2D eigenvalue weighted by Gasteiger charge is 2.21. The van der Waals surface area contributed by atoms with Crippen LogP contribution in [0.5, 0.6) is 0 Å². The molecular formula is C14H13FN4O3. The lowest BCUT2D eigenvalue weighted by molar-refractivity contribution is 0.0695. The molecule has 0 spiro atoms. The van der Waals surface area contributed by atoms with Gasteiger partial charge >= 0.3 is 5.97 Å². The lowest BCUT2D eigenvalue weighted by atomic mass is 10.2. The standard InChI is InChI=1S/C14H13FN4O3/c1-2-18-7-9(14(21)22)11(20)8-6-10(15)13(17-12(8)18)19-5-3-4-16-19/h4,6-7H,2-3,5H2,1H3,(H,21,22). The molecule has 0 fully saturated rings. The molecule has 0 unspecified atom stereocenters. The van der Waals surface area contributed by atoms with Crippen LogP contribution in [-0.2, 0) is 6.54 Å². The highest BCUT2D eigenvalue weighted by Crippen LogP contribution is 2.23. The number of hydrazone groups is 1. The molecule has 3 heterocycles. The van der Waals surface area contributed by atoms with E-state index in [4.69, 9.17) is 5.11 Å². The average molecular weight is 304 g/mol. The summed E-state index contributed by atoms with van der Waals surface area (Å²) in [5, 5.41) is 14.5. The van der Waals surface area contributed by atoms with Crippen molar-refractivity contribution in [1.82, 2.24) is 9.55 Å². The molecule has 0 aliphatic carbocycles. The molecule has 2 aromatic heterocycles. The summed E-state index contributed by atoms with van der Waals surface area (Å²) >= 11 is 0. The monoisotopic (exact) mass is 304 g/mol. The van der Waals surface area contributed by atoms with Crippen molar-refractivity contribution >= 4 is 29.0 Å². The van der Waals surface area contributed by atoms with Gasteiger partial charge in [-0.1, -0.05) is 0 Å². The third-order valence-electron chi connectivity index (χ3n) is 3.49. The molecule has 0 saturated carbocycles. The van der Waals surface area contributed by atoms with Crippen LogP contribution >= 0.6 is 0 Å². The molecule has 0 radical (unpaired) electrons. The van der Waals surface area contributed by atoms with Gasteiger partial charge in [0.25, 0.3) is 0 Å². The Morgan fingerprint density at radius 1 is 1.50 bits per heavy atom. The first-order chi connectivity index (χ1) is 10.5. The van der Waals surface area contributed by atoms with Gasteiger partial charge in [0.05, 0.1) is 5.39 Å². The number of nitrogens with zero attached hydrogens (tertiary/aromatic N) is 4. The van der Waals surface area contributed by atoms with Crippen LogP contribution in [0.3, 0.4) is 0 Å². The highest BCUT2D eigenvalue weighted by atomic mass is 19.1. The Balaban J connectivity index is 2.32. The summed E-state index contributed by atoms with van der Waals surface area (Å²) in [6.07, 6.45) is 3.58. The molecule has 1 aliphatic heterocycles. The maximum atomic E-state index is 14.2. The Kier molecular flexibility index (Phi) is 3.36. The van der Waals surface area contributed by atoms with Gasteiger partial charge in [-0.2, -0.15) is 5.10 Å². The second-order valence-corrected chi connectivity index (χ2v) is 4.84. The van der Waals surface area contributed by atoms with Gasteiger partial charge in [-0.05, 0) is 13.0 Å². The smallest absolute Gasteiger partial charge is 0.341 e. The zero-order valence-electron chi connectivity index (χ0n) is 11.8. The predicted octanol–water partition coefficient (Wildman–Crippen LogP) is 1.45. The third kappa shape index (κ3) is 2.12. The molecule has 114 valence electrons. The summed E-state index contributed by atoms with van der Waals surface area (Å²) < 4.78 is 15.8. The Morgan fingerprint density at radius 2 is 2.27 bits per heavy atom. The summed E-state index contributed by atoms with van der Waals surface area (Å²) in [6, 6.07) is 1.03. The molecule has 22 heavy (non-hydrogen) atoms. The largest absolute Gasteiger partial charge is 0.477 e. The number of carboxylic acid groups (broad SMARTS) is 1. The number of pyridine rings is 2. The Labute approximate surface area is 124 Å². The van der Waals surface area contributed by atoms with Crippen molar-refractivity contribution in [2.24, 2.45) is 5.10 Å². The van der Waals surface area contributed by atoms with Crippen molar-refractivity contribution in [3.05, 3.63) is 33.9 Å². The molecule has 0 saturated heterocycles. The zero-order valence-corrected chi connectivity index (χ0v) is 11.8. The van der Waals surface area contributed by atoms with Crippen LogP contribution in [0.15, 0.2) is 22.2 Å². The summed E-state index contributed by atoms with van der Waals surface area (Å²) in [5.41, 5.74) is -0.895. The van der Waals surface area contributed by atoms with Crippen molar-refractivity contribution in [3.8, 4) is 0 Å². The van der Waals surface area contributed by atoms with E-state index >= 15 is 0 Å². The number of hydrogen-bond acceptors (Lipinski definition) is 5.